The molecule has 2 heterocycles. The molecule has 3 heteroatoms. The lowest BCUT2D eigenvalue weighted by Gasteiger charge is -2.33. The summed E-state index contributed by atoms with van der Waals surface area (Å²) in [6, 6.07) is 15.0. The van der Waals surface area contributed by atoms with Crippen LogP contribution in [-0.2, 0) is 0 Å². The molecule has 1 aliphatic heterocycles. The monoisotopic (exact) mass is 333 g/mol. The van der Waals surface area contributed by atoms with Crippen LogP contribution < -0.4 is 4.90 Å². The van der Waals surface area contributed by atoms with Crippen molar-refractivity contribution in [1.82, 2.24) is 4.98 Å². The van der Waals surface area contributed by atoms with E-state index in [1.54, 1.807) is 0 Å². The largest absolute Gasteiger partial charge is 0.370 e. The molecule has 2 unspecified atom stereocenters. The quantitative estimate of drug-likeness (QED) is 0.725. The van der Waals surface area contributed by atoms with Gasteiger partial charge in [0.25, 0.3) is 0 Å². The molecule has 0 N–H and O–H groups in total. The zero-order valence-corrected chi connectivity index (χ0v) is 14.8. The number of aliphatic imine (C=N–C) groups is 1. The number of benzene rings is 1. The fraction of sp³-hybridized carbons (Fsp3) is 0.455. The molecule has 1 saturated carbocycles. The lowest BCUT2D eigenvalue weighted by Crippen LogP contribution is -2.33. The summed E-state index contributed by atoms with van der Waals surface area (Å²) in [4.78, 5) is 11.4. The first kappa shape index (κ1) is 16.3. The molecule has 2 atom stereocenters. The lowest BCUT2D eigenvalue weighted by molar-refractivity contribution is 0.386. The van der Waals surface area contributed by atoms with Crippen LogP contribution in [0.1, 0.15) is 37.2 Å². The number of aromatic nitrogens is 1. The minimum absolute atomic E-state index is 0.676. The van der Waals surface area contributed by atoms with Gasteiger partial charge in [0.1, 0.15) is 0 Å². The highest BCUT2D eigenvalue weighted by molar-refractivity contribution is 5.67. The molecule has 1 aromatic carbocycles. The molecule has 3 nitrogen and oxygen atoms in total. The van der Waals surface area contributed by atoms with Gasteiger partial charge < -0.3 is 4.90 Å². The van der Waals surface area contributed by atoms with Crippen molar-refractivity contribution in [3.63, 3.8) is 0 Å². The molecule has 1 saturated heterocycles. The van der Waals surface area contributed by atoms with Gasteiger partial charge in [-0.15, -0.1) is 0 Å². The van der Waals surface area contributed by atoms with Crippen LogP contribution >= 0.6 is 0 Å². The highest BCUT2D eigenvalue weighted by Crippen LogP contribution is 2.46. The number of nitrogens with zero attached hydrogens (tertiary/aromatic N) is 3. The van der Waals surface area contributed by atoms with Gasteiger partial charge in [0, 0.05) is 38.0 Å². The molecule has 25 heavy (non-hydrogen) atoms. The number of anilines is 1. The molecular formula is C22H27N3. The Bertz CT molecular complexity index is 675. The van der Waals surface area contributed by atoms with Crippen molar-refractivity contribution in [3.8, 4) is 0 Å². The van der Waals surface area contributed by atoms with Crippen LogP contribution in [0.3, 0.4) is 0 Å². The second kappa shape index (κ2) is 7.81. The van der Waals surface area contributed by atoms with E-state index >= 15 is 0 Å². The predicted molar refractivity (Wildman–Crippen MR) is 104 cm³/mol. The van der Waals surface area contributed by atoms with E-state index in [4.69, 9.17) is 4.99 Å². The first-order valence-corrected chi connectivity index (χ1v) is 9.60. The van der Waals surface area contributed by atoms with Crippen molar-refractivity contribution in [1.29, 1.82) is 0 Å². The SMILES string of the molecule is C(=NCCC1CCN(c2cccnc2)CC1)C1CC1c1ccccc1. The average molecular weight is 333 g/mol. The summed E-state index contributed by atoms with van der Waals surface area (Å²) >= 11 is 0. The Balaban J connectivity index is 1.16. The Labute approximate surface area is 150 Å². The number of pyridine rings is 1. The van der Waals surface area contributed by atoms with E-state index in [1.807, 2.05) is 18.5 Å². The van der Waals surface area contributed by atoms with Gasteiger partial charge >= 0.3 is 0 Å². The second-order valence-corrected chi connectivity index (χ2v) is 7.40. The Morgan fingerprint density at radius 1 is 1.08 bits per heavy atom. The maximum absolute atomic E-state index is 4.73. The van der Waals surface area contributed by atoms with Crippen LogP contribution in [0.4, 0.5) is 5.69 Å². The van der Waals surface area contributed by atoms with E-state index in [9.17, 15) is 0 Å². The zero-order chi connectivity index (χ0) is 16.9. The van der Waals surface area contributed by atoms with Crippen molar-refractivity contribution in [2.75, 3.05) is 24.5 Å². The second-order valence-electron chi connectivity index (χ2n) is 7.40. The molecule has 0 amide bonds. The highest BCUT2D eigenvalue weighted by Gasteiger charge is 2.36. The molecule has 0 spiro atoms. The molecule has 1 aromatic heterocycles. The summed E-state index contributed by atoms with van der Waals surface area (Å²) in [5, 5.41) is 0. The predicted octanol–water partition coefficient (Wildman–Crippen LogP) is 4.56. The summed E-state index contributed by atoms with van der Waals surface area (Å²) in [7, 11) is 0. The first-order valence-electron chi connectivity index (χ1n) is 9.60. The van der Waals surface area contributed by atoms with Gasteiger partial charge in [-0.25, -0.2) is 0 Å². The Morgan fingerprint density at radius 3 is 2.68 bits per heavy atom. The lowest BCUT2D eigenvalue weighted by atomic mass is 9.93. The summed E-state index contributed by atoms with van der Waals surface area (Å²) in [6.07, 6.45) is 11.1. The van der Waals surface area contributed by atoms with E-state index < -0.39 is 0 Å². The number of piperidine rings is 1. The van der Waals surface area contributed by atoms with Gasteiger partial charge in [-0.05, 0) is 55.2 Å². The maximum atomic E-state index is 4.73. The van der Waals surface area contributed by atoms with Crippen molar-refractivity contribution in [2.45, 2.75) is 31.6 Å². The van der Waals surface area contributed by atoms with Crippen LogP contribution in [0.25, 0.3) is 0 Å². The van der Waals surface area contributed by atoms with Crippen molar-refractivity contribution < 1.29 is 0 Å². The molecule has 1 aliphatic carbocycles. The van der Waals surface area contributed by atoms with E-state index in [1.165, 1.54) is 36.9 Å². The molecule has 130 valence electrons. The summed E-state index contributed by atoms with van der Waals surface area (Å²) < 4.78 is 0. The molecule has 2 aliphatic rings. The summed E-state index contributed by atoms with van der Waals surface area (Å²) in [5.74, 6) is 2.22. The zero-order valence-electron chi connectivity index (χ0n) is 14.8. The number of hydrogen-bond acceptors (Lipinski definition) is 3. The number of hydrogen-bond donors (Lipinski definition) is 0. The van der Waals surface area contributed by atoms with Gasteiger partial charge in [0.15, 0.2) is 0 Å². The standard InChI is InChI=1S/C22H27N3/c1-2-5-19(6-3-1)22-15-20(22)16-24-12-8-18-9-13-25(14-10-18)21-7-4-11-23-17-21/h1-7,11,16-18,20,22H,8-10,12-15H2. The van der Waals surface area contributed by atoms with Crippen LogP contribution in [-0.4, -0.2) is 30.8 Å². The van der Waals surface area contributed by atoms with Crippen LogP contribution in [0, 0.1) is 11.8 Å². The molecule has 2 fully saturated rings. The fourth-order valence-electron chi connectivity index (χ4n) is 3.95. The third kappa shape index (κ3) is 4.28. The minimum Gasteiger partial charge on any atom is -0.370 e. The van der Waals surface area contributed by atoms with Gasteiger partial charge in [0.2, 0.25) is 0 Å². The smallest absolute Gasteiger partial charge is 0.0552 e. The van der Waals surface area contributed by atoms with Gasteiger partial charge in [-0.2, -0.15) is 0 Å². The molecule has 0 radical (unpaired) electrons. The van der Waals surface area contributed by atoms with Crippen LogP contribution in [0.5, 0.6) is 0 Å². The van der Waals surface area contributed by atoms with E-state index in [2.05, 4.69) is 52.5 Å². The Morgan fingerprint density at radius 2 is 1.92 bits per heavy atom. The van der Waals surface area contributed by atoms with E-state index in [0.29, 0.717) is 11.8 Å². The van der Waals surface area contributed by atoms with Crippen molar-refractivity contribution in [2.24, 2.45) is 16.8 Å². The molecule has 2 aromatic rings. The van der Waals surface area contributed by atoms with E-state index in [0.717, 1.165) is 25.6 Å². The van der Waals surface area contributed by atoms with Crippen molar-refractivity contribution >= 4 is 11.9 Å². The minimum atomic E-state index is 0.676. The normalized spacial score (nSPS) is 23.9. The maximum Gasteiger partial charge on any atom is 0.0552 e. The topological polar surface area (TPSA) is 28.5 Å². The van der Waals surface area contributed by atoms with Gasteiger partial charge in [0.05, 0.1) is 11.9 Å². The third-order valence-corrected chi connectivity index (χ3v) is 5.66. The van der Waals surface area contributed by atoms with Gasteiger partial charge in [-0.3, -0.25) is 9.98 Å². The van der Waals surface area contributed by atoms with E-state index in [-0.39, 0.29) is 0 Å². The fourth-order valence-corrected chi connectivity index (χ4v) is 3.95. The first-order chi connectivity index (χ1) is 12.4. The highest BCUT2D eigenvalue weighted by atomic mass is 15.1. The summed E-state index contributed by atoms with van der Waals surface area (Å²) in [5.41, 5.74) is 2.74. The summed E-state index contributed by atoms with van der Waals surface area (Å²) in [6.45, 7) is 3.30. The van der Waals surface area contributed by atoms with Crippen LogP contribution in [0.2, 0.25) is 0 Å². The van der Waals surface area contributed by atoms with Crippen molar-refractivity contribution in [3.05, 3.63) is 60.4 Å². The molecular weight excluding hydrogens is 306 g/mol. The number of rotatable bonds is 6. The Hall–Kier alpha value is -2.16. The molecule has 0 bridgehead atoms. The third-order valence-electron chi connectivity index (χ3n) is 5.66. The average Bonchev–Trinajstić information content (AvgIpc) is 3.47. The van der Waals surface area contributed by atoms with Gasteiger partial charge in [-0.1, -0.05) is 30.3 Å². The van der Waals surface area contributed by atoms with Crippen LogP contribution in [0.15, 0.2) is 59.9 Å². The molecule has 4 rings (SSSR count). The Kier molecular flexibility index (Phi) is 5.10.